The number of nitrogens with one attached hydrogen (secondary N) is 1. The van der Waals surface area contributed by atoms with Crippen LogP contribution >= 0.6 is 11.8 Å². The highest BCUT2D eigenvalue weighted by molar-refractivity contribution is 7.99. The highest BCUT2D eigenvalue weighted by atomic mass is 32.2. The molecule has 1 aromatic heterocycles. The molecule has 0 amide bonds. The van der Waals surface area contributed by atoms with Gasteiger partial charge in [-0.25, -0.2) is 9.97 Å². The summed E-state index contributed by atoms with van der Waals surface area (Å²) in [5.41, 5.74) is 0.181. The van der Waals surface area contributed by atoms with Gasteiger partial charge in [-0.2, -0.15) is 0 Å². The molecule has 0 aliphatic carbocycles. The molecule has 0 spiro atoms. The second-order valence-electron chi connectivity index (χ2n) is 4.61. The number of hydrogen-bond donors (Lipinski definition) is 1. The Bertz CT molecular complexity index is 282. The normalized spacial score (nSPS) is 13.9. The highest BCUT2D eigenvalue weighted by Crippen LogP contribution is 2.19. The van der Waals surface area contributed by atoms with E-state index in [1.54, 1.807) is 24.3 Å². The zero-order valence-corrected chi connectivity index (χ0v) is 10.6. The second-order valence-corrected chi connectivity index (χ2v) is 6.07. The minimum absolute atomic E-state index is 0.181. The summed E-state index contributed by atoms with van der Waals surface area (Å²) in [6.45, 7) is 9.71. The fraction of sp³-hybridized carbons (Fsp3) is 0.636. The lowest BCUT2D eigenvalue weighted by atomic mass is 10.1. The minimum Gasteiger partial charge on any atom is -0.311 e. The monoisotopic (exact) mass is 225 g/mol. The van der Waals surface area contributed by atoms with Gasteiger partial charge in [-0.05, 0) is 26.8 Å². The van der Waals surface area contributed by atoms with Crippen LogP contribution in [0.3, 0.4) is 0 Å². The molecule has 1 heterocycles. The van der Waals surface area contributed by atoms with Crippen molar-refractivity contribution in [3.63, 3.8) is 0 Å². The molecule has 3 nitrogen and oxygen atoms in total. The summed E-state index contributed by atoms with van der Waals surface area (Å²) in [5, 5.41) is 5.03. The third-order valence-electron chi connectivity index (χ3n) is 1.80. The zero-order valence-electron chi connectivity index (χ0n) is 9.82. The molecule has 4 heteroatoms. The van der Waals surface area contributed by atoms with E-state index in [1.165, 1.54) is 0 Å². The standard InChI is InChI=1S/C11H19N3S/c1-9(7-14-11(2,3)4)15-10-5-6-12-8-13-10/h5-6,8-9,14H,7H2,1-4H3. The lowest BCUT2D eigenvalue weighted by molar-refractivity contribution is 0.429. The largest absolute Gasteiger partial charge is 0.311 e. The summed E-state index contributed by atoms with van der Waals surface area (Å²) in [7, 11) is 0. The van der Waals surface area contributed by atoms with Crippen molar-refractivity contribution in [1.29, 1.82) is 0 Å². The fourth-order valence-corrected chi connectivity index (χ4v) is 1.87. The van der Waals surface area contributed by atoms with E-state index in [9.17, 15) is 0 Å². The Labute approximate surface area is 96.1 Å². The quantitative estimate of drug-likeness (QED) is 0.630. The van der Waals surface area contributed by atoms with Crippen LogP contribution in [0, 0.1) is 0 Å². The van der Waals surface area contributed by atoms with Crippen molar-refractivity contribution in [2.75, 3.05) is 6.54 Å². The van der Waals surface area contributed by atoms with Crippen LogP contribution in [-0.2, 0) is 0 Å². The molecule has 84 valence electrons. The van der Waals surface area contributed by atoms with Crippen LogP contribution in [0.15, 0.2) is 23.6 Å². The van der Waals surface area contributed by atoms with Gasteiger partial charge in [0.1, 0.15) is 6.33 Å². The van der Waals surface area contributed by atoms with Gasteiger partial charge < -0.3 is 5.32 Å². The first kappa shape index (κ1) is 12.5. The van der Waals surface area contributed by atoms with Crippen LogP contribution in [0.4, 0.5) is 0 Å². The van der Waals surface area contributed by atoms with Crippen LogP contribution in [-0.4, -0.2) is 27.3 Å². The summed E-state index contributed by atoms with van der Waals surface area (Å²) in [5.74, 6) is 0. The van der Waals surface area contributed by atoms with Crippen LogP contribution in [0.2, 0.25) is 0 Å². The van der Waals surface area contributed by atoms with E-state index in [0.717, 1.165) is 11.6 Å². The summed E-state index contributed by atoms with van der Waals surface area (Å²) in [4.78, 5) is 8.09. The maximum Gasteiger partial charge on any atom is 0.116 e. The van der Waals surface area contributed by atoms with E-state index >= 15 is 0 Å². The Balaban J connectivity index is 2.34. The Morgan fingerprint density at radius 3 is 2.73 bits per heavy atom. The predicted octanol–water partition coefficient (Wildman–Crippen LogP) is 2.35. The molecule has 1 atom stereocenters. The van der Waals surface area contributed by atoms with E-state index in [0.29, 0.717) is 5.25 Å². The van der Waals surface area contributed by atoms with E-state index in [1.807, 2.05) is 6.07 Å². The SMILES string of the molecule is CC(CNC(C)(C)C)Sc1ccncn1. The van der Waals surface area contributed by atoms with E-state index in [-0.39, 0.29) is 5.54 Å². The molecular weight excluding hydrogens is 206 g/mol. The third-order valence-corrected chi connectivity index (χ3v) is 2.85. The maximum atomic E-state index is 4.19. The van der Waals surface area contributed by atoms with Gasteiger partial charge in [0, 0.05) is 23.5 Å². The molecule has 0 aliphatic rings. The number of aromatic nitrogens is 2. The van der Waals surface area contributed by atoms with Crippen molar-refractivity contribution < 1.29 is 0 Å². The minimum atomic E-state index is 0.181. The first-order chi connectivity index (χ1) is 6.97. The van der Waals surface area contributed by atoms with Crippen molar-refractivity contribution in [1.82, 2.24) is 15.3 Å². The molecular formula is C11H19N3S. The first-order valence-corrected chi connectivity index (χ1v) is 6.03. The Morgan fingerprint density at radius 2 is 2.20 bits per heavy atom. The summed E-state index contributed by atoms with van der Waals surface area (Å²) in [6.07, 6.45) is 3.37. The molecule has 0 fully saturated rings. The second kappa shape index (κ2) is 5.47. The number of nitrogens with zero attached hydrogens (tertiary/aromatic N) is 2. The van der Waals surface area contributed by atoms with Crippen molar-refractivity contribution in [2.45, 2.75) is 43.5 Å². The molecule has 1 N–H and O–H groups in total. The zero-order chi connectivity index (χ0) is 11.3. The lowest BCUT2D eigenvalue weighted by Crippen LogP contribution is -2.39. The van der Waals surface area contributed by atoms with Crippen molar-refractivity contribution in [2.24, 2.45) is 0 Å². The topological polar surface area (TPSA) is 37.8 Å². The lowest BCUT2D eigenvalue weighted by Gasteiger charge is -2.22. The number of rotatable bonds is 4. The molecule has 1 aromatic rings. The maximum absolute atomic E-state index is 4.19. The van der Waals surface area contributed by atoms with Gasteiger partial charge in [0.25, 0.3) is 0 Å². The highest BCUT2D eigenvalue weighted by Gasteiger charge is 2.11. The Hall–Kier alpha value is -0.610. The Morgan fingerprint density at radius 1 is 1.47 bits per heavy atom. The van der Waals surface area contributed by atoms with Gasteiger partial charge in [-0.1, -0.05) is 6.92 Å². The fourth-order valence-electron chi connectivity index (χ4n) is 1.05. The molecule has 0 aromatic carbocycles. The van der Waals surface area contributed by atoms with Gasteiger partial charge in [0.15, 0.2) is 0 Å². The summed E-state index contributed by atoms with van der Waals surface area (Å²) >= 11 is 1.77. The molecule has 15 heavy (non-hydrogen) atoms. The number of hydrogen-bond acceptors (Lipinski definition) is 4. The molecule has 0 saturated heterocycles. The van der Waals surface area contributed by atoms with E-state index in [4.69, 9.17) is 0 Å². The number of thioether (sulfide) groups is 1. The van der Waals surface area contributed by atoms with Crippen LogP contribution in [0.5, 0.6) is 0 Å². The summed E-state index contributed by atoms with van der Waals surface area (Å²) < 4.78 is 0. The van der Waals surface area contributed by atoms with Gasteiger partial charge in [0.05, 0.1) is 5.03 Å². The van der Waals surface area contributed by atoms with Crippen molar-refractivity contribution in [3.8, 4) is 0 Å². The van der Waals surface area contributed by atoms with Gasteiger partial charge in [0.2, 0.25) is 0 Å². The molecule has 0 aliphatic heterocycles. The van der Waals surface area contributed by atoms with E-state index in [2.05, 4.69) is 43.0 Å². The van der Waals surface area contributed by atoms with Gasteiger partial charge >= 0.3 is 0 Å². The van der Waals surface area contributed by atoms with Crippen LogP contribution < -0.4 is 5.32 Å². The van der Waals surface area contributed by atoms with Crippen molar-refractivity contribution in [3.05, 3.63) is 18.6 Å². The van der Waals surface area contributed by atoms with Gasteiger partial charge in [-0.3, -0.25) is 0 Å². The predicted molar refractivity (Wildman–Crippen MR) is 65.1 cm³/mol. The first-order valence-electron chi connectivity index (χ1n) is 5.15. The Kier molecular flexibility index (Phi) is 4.54. The van der Waals surface area contributed by atoms with Crippen molar-refractivity contribution >= 4 is 11.8 Å². The van der Waals surface area contributed by atoms with Crippen LogP contribution in [0.25, 0.3) is 0 Å². The van der Waals surface area contributed by atoms with Crippen LogP contribution in [0.1, 0.15) is 27.7 Å². The molecule has 1 unspecified atom stereocenters. The smallest absolute Gasteiger partial charge is 0.116 e. The van der Waals surface area contributed by atoms with Gasteiger partial charge in [-0.15, -0.1) is 11.8 Å². The molecule has 0 saturated carbocycles. The molecule has 1 rings (SSSR count). The van der Waals surface area contributed by atoms with E-state index < -0.39 is 0 Å². The molecule has 0 bridgehead atoms. The molecule has 0 radical (unpaired) electrons. The average Bonchev–Trinajstić information content (AvgIpc) is 2.15. The average molecular weight is 225 g/mol. The third kappa shape index (κ3) is 5.74. The summed E-state index contributed by atoms with van der Waals surface area (Å²) in [6, 6.07) is 1.94.